The van der Waals surface area contributed by atoms with Crippen LogP contribution >= 0.6 is 11.6 Å². The molecule has 10 heteroatoms. The Hall–Kier alpha value is -2.94. The monoisotopic (exact) mass is 489 g/mol. The van der Waals surface area contributed by atoms with Crippen LogP contribution in [0.25, 0.3) is 0 Å². The van der Waals surface area contributed by atoms with Crippen LogP contribution in [0.4, 0.5) is 4.79 Å². The highest BCUT2D eigenvalue weighted by Gasteiger charge is 2.56. The SMILES string of the molecule is CN(C(=O)COC(=O)CN1C(=O)NC(C)(C2CC2)C1=O)C1(c2ccccc2Cl)CCCCC1=O. The average molecular weight is 490 g/mol. The first-order valence-electron chi connectivity index (χ1n) is 11.5. The molecule has 0 aromatic heterocycles. The molecule has 1 N–H and O–H groups in total. The fourth-order valence-electron chi connectivity index (χ4n) is 5.05. The summed E-state index contributed by atoms with van der Waals surface area (Å²) >= 11 is 6.41. The van der Waals surface area contributed by atoms with Crippen LogP contribution in [0.5, 0.6) is 0 Å². The van der Waals surface area contributed by atoms with Crippen molar-refractivity contribution >= 4 is 41.2 Å². The zero-order valence-corrected chi connectivity index (χ0v) is 20.0. The van der Waals surface area contributed by atoms with E-state index in [0.29, 0.717) is 23.4 Å². The van der Waals surface area contributed by atoms with Gasteiger partial charge in [0.2, 0.25) is 0 Å². The van der Waals surface area contributed by atoms with Crippen LogP contribution in [0, 0.1) is 5.92 Å². The largest absolute Gasteiger partial charge is 0.454 e. The number of halogens is 1. The van der Waals surface area contributed by atoms with Gasteiger partial charge < -0.3 is 15.0 Å². The molecule has 2 unspecified atom stereocenters. The first kappa shape index (κ1) is 24.2. The number of nitrogens with zero attached hydrogens (tertiary/aromatic N) is 2. The fraction of sp³-hybridized carbons (Fsp3) is 0.542. The fourth-order valence-corrected chi connectivity index (χ4v) is 5.34. The molecule has 9 nitrogen and oxygen atoms in total. The summed E-state index contributed by atoms with van der Waals surface area (Å²) in [6.45, 7) is 0.445. The van der Waals surface area contributed by atoms with Crippen LogP contribution in [0.2, 0.25) is 5.02 Å². The van der Waals surface area contributed by atoms with Crippen LogP contribution < -0.4 is 5.32 Å². The smallest absolute Gasteiger partial charge is 0.326 e. The van der Waals surface area contributed by atoms with Crippen LogP contribution in [0.15, 0.2) is 24.3 Å². The highest BCUT2D eigenvalue weighted by Crippen LogP contribution is 2.43. The summed E-state index contributed by atoms with van der Waals surface area (Å²) in [6, 6.07) is 6.27. The van der Waals surface area contributed by atoms with Crippen molar-refractivity contribution in [1.29, 1.82) is 0 Å². The maximum atomic E-state index is 13.1. The highest BCUT2D eigenvalue weighted by atomic mass is 35.5. The van der Waals surface area contributed by atoms with Gasteiger partial charge in [0.25, 0.3) is 11.8 Å². The minimum absolute atomic E-state index is 0.0641. The molecule has 2 saturated carbocycles. The van der Waals surface area contributed by atoms with Crippen molar-refractivity contribution < 1.29 is 28.7 Å². The summed E-state index contributed by atoms with van der Waals surface area (Å²) < 4.78 is 5.12. The first-order chi connectivity index (χ1) is 16.1. The van der Waals surface area contributed by atoms with E-state index in [1.807, 2.05) is 0 Å². The van der Waals surface area contributed by atoms with Crippen molar-refractivity contribution in [2.24, 2.45) is 5.92 Å². The molecule has 3 aliphatic rings. The van der Waals surface area contributed by atoms with E-state index in [1.54, 1.807) is 31.2 Å². The number of nitrogens with one attached hydrogen (secondary N) is 1. The van der Waals surface area contributed by atoms with E-state index in [-0.39, 0.29) is 11.7 Å². The van der Waals surface area contributed by atoms with Crippen molar-refractivity contribution in [3.63, 3.8) is 0 Å². The van der Waals surface area contributed by atoms with E-state index in [2.05, 4.69) is 5.32 Å². The minimum Gasteiger partial charge on any atom is -0.454 e. The highest BCUT2D eigenvalue weighted by molar-refractivity contribution is 6.31. The average Bonchev–Trinajstić information content (AvgIpc) is 3.64. The number of ketones is 1. The number of hydrogen-bond donors (Lipinski definition) is 1. The second-order valence-corrected chi connectivity index (χ2v) is 9.79. The summed E-state index contributed by atoms with van der Waals surface area (Å²) in [5, 5.41) is 3.04. The molecule has 4 amide bonds. The lowest BCUT2D eigenvalue weighted by Crippen LogP contribution is -2.55. The van der Waals surface area contributed by atoms with Crippen molar-refractivity contribution in [3.8, 4) is 0 Å². The summed E-state index contributed by atoms with van der Waals surface area (Å²) in [6.07, 6.45) is 3.87. The Kier molecular flexibility index (Phi) is 6.42. The molecule has 1 aromatic carbocycles. The number of urea groups is 1. The molecule has 0 spiro atoms. The number of rotatable bonds is 7. The predicted molar refractivity (Wildman–Crippen MR) is 122 cm³/mol. The number of carbonyl (C=O) groups excluding carboxylic acids is 5. The molecular formula is C24H28ClN3O6. The number of carbonyl (C=O) groups is 5. The summed E-state index contributed by atoms with van der Waals surface area (Å²) in [5.74, 6) is -1.98. The van der Waals surface area contributed by atoms with E-state index in [9.17, 15) is 24.0 Å². The first-order valence-corrected chi connectivity index (χ1v) is 11.8. The lowest BCUT2D eigenvalue weighted by atomic mass is 9.74. The number of benzene rings is 1. The molecule has 4 rings (SSSR count). The lowest BCUT2D eigenvalue weighted by Gasteiger charge is -2.43. The van der Waals surface area contributed by atoms with Gasteiger partial charge >= 0.3 is 12.0 Å². The third-order valence-electron chi connectivity index (χ3n) is 7.26. The molecule has 1 aliphatic heterocycles. The van der Waals surface area contributed by atoms with Crippen molar-refractivity contribution in [2.75, 3.05) is 20.2 Å². The Morgan fingerprint density at radius 3 is 2.56 bits per heavy atom. The Morgan fingerprint density at radius 1 is 1.21 bits per heavy atom. The predicted octanol–water partition coefficient (Wildman–Crippen LogP) is 2.40. The van der Waals surface area contributed by atoms with Gasteiger partial charge in [0.05, 0.1) is 0 Å². The van der Waals surface area contributed by atoms with Gasteiger partial charge in [0.15, 0.2) is 12.4 Å². The normalized spacial score (nSPS) is 26.9. The summed E-state index contributed by atoms with van der Waals surface area (Å²) in [5.41, 5.74) is -1.70. The Balaban J connectivity index is 1.43. The van der Waals surface area contributed by atoms with Gasteiger partial charge in [-0.1, -0.05) is 29.8 Å². The van der Waals surface area contributed by atoms with Crippen LogP contribution in [-0.2, 0) is 29.5 Å². The standard InChI is InChI=1S/C24H28ClN3O6/c1-23(15-10-11-15)21(32)28(22(33)26-23)13-20(31)34-14-19(30)27(2)24(12-6-5-9-18(24)29)16-7-3-4-8-17(16)25/h3-4,7-8,15H,5-6,9-14H2,1-2H3,(H,26,33). The van der Waals surface area contributed by atoms with Crippen LogP contribution in [-0.4, -0.2) is 65.1 Å². The number of hydrogen-bond acceptors (Lipinski definition) is 6. The molecule has 0 radical (unpaired) electrons. The molecule has 3 fully saturated rings. The Labute approximate surface area is 202 Å². The van der Waals surface area contributed by atoms with Gasteiger partial charge in [0, 0.05) is 24.1 Å². The van der Waals surface area contributed by atoms with Gasteiger partial charge in [-0.25, -0.2) is 4.79 Å². The second kappa shape index (κ2) is 9.02. The molecule has 2 atom stereocenters. The number of likely N-dealkylation sites (N-methyl/N-ethyl adjacent to an activating group) is 1. The summed E-state index contributed by atoms with van der Waals surface area (Å²) in [7, 11) is 1.50. The van der Waals surface area contributed by atoms with Crippen molar-refractivity contribution in [2.45, 2.75) is 56.5 Å². The summed E-state index contributed by atoms with van der Waals surface area (Å²) in [4.78, 5) is 65.6. The molecule has 1 heterocycles. The zero-order chi connectivity index (χ0) is 24.7. The Bertz CT molecular complexity index is 1060. The number of imide groups is 1. The molecule has 1 saturated heterocycles. The van der Waals surface area contributed by atoms with Crippen LogP contribution in [0.1, 0.15) is 51.0 Å². The van der Waals surface area contributed by atoms with Gasteiger partial charge in [0.1, 0.15) is 17.6 Å². The molecule has 2 aliphatic carbocycles. The van der Waals surface area contributed by atoms with E-state index >= 15 is 0 Å². The quantitative estimate of drug-likeness (QED) is 0.465. The third-order valence-corrected chi connectivity index (χ3v) is 7.59. The number of amides is 4. The van der Waals surface area contributed by atoms with Gasteiger partial charge in [-0.2, -0.15) is 0 Å². The van der Waals surface area contributed by atoms with Gasteiger partial charge in [-0.15, -0.1) is 0 Å². The second-order valence-electron chi connectivity index (χ2n) is 9.38. The zero-order valence-electron chi connectivity index (χ0n) is 19.3. The van der Waals surface area contributed by atoms with Gasteiger partial charge in [-0.3, -0.25) is 24.1 Å². The molecular weight excluding hydrogens is 462 g/mol. The lowest BCUT2D eigenvalue weighted by molar-refractivity contribution is -0.158. The van der Waals surface area contributed by atoms with Crippen LogP contribution in [0.3, 0.4) is 0 Å². The molecule has 182 valence electrons. The molecule has 0 bridgehead atoms. The molecule has 1 aromatic rings. The van der Waals surface area contributed by atoms with E-state index in [0.717, 1.165) is 30.6 Å². The maximum Gasteiger partial charge on any atom is 0.326 e. The van der Waals surface area contributed by atoms with Gasteiger partial charge in [-0.05, 0) is 51.0 Å². The maximum absolute atomic E-state index is 13.1. The number of ether oxygens (including phenoxy) is 1. The van der Waals surface area contributed by atoms with E-state index < -0.39 is 48.0 Å². The van der Waals surface area contributed by atoms with Crippen molar-refractivity contribution in [1.82, 2.24) is 15.1 Å². The van der Waals surface area contributed by atoms with E-state index in [4.69, 9.17) is 16.3 Å². The number of esters is 1. The Morgan fingerprint density at radius 2 is 1.91 bits per heavy atom. The minimum atomic E-state index is -1.24. The van der Waals surface area contributed by atoms with Crippen molar-refractivity contribution in [3.05, 3.63) is 34.9 Å². The molecule has 34 heavy (non-hydrogen) atoms. The van der Waals surface area contributed by atoms with E-state index in [1.165, 1.54) is 11.9 Å². The topological polar surface area (TPSA) is 113 Å². The number of Topliss-reactive ketones (excluding diaryl/α,β-unsaturated/α-hetero) is 1. The third kappa shape index (κ3) is 4.06.